The molecule has 242 valence electrons. The topological polar surface area (TPSA) is 136 Å². The zero-order valence-electron chi connectivity index (χ0n) is 26.5. The fourth-order valence-corrected chi connectivity index (χ4v) is 6.39. The quantitative estimate of drug-likeness (QED) is 0.150. The molecule has 0 spiro atoms. The zero-order chi connectivity index (χ0) is 32.2. The van der Waals surface area contributed by atoms with E-state index in [0.29, 0.717) is 13.0 Å². The van der Waals surface area contributed by atoms with E-state index in [2.05, 4.69) is 33.9 Å². The van der Waals surface area contributed by atoms with Crippen LogP contribution in [-0.4, -0.2) is 73.5 Å². The molecule has 2 aliphatic heterocycles. The molecule has 44 heavy (non-hydrogen) atoms. The van der Waals surface area contributed by atoms with Crippen LogP contribution in [0.25, 0.3) is 0 Å². The highest BCUT2D eigenvalue weighted by Crippen LogP contribution is 2.40. The number of aliphatic hydroxyl groups is 1. The van der Waals surface area contributed by atoms with Gasteiger partial charge < -0.3 is 33.2 Å². The van der Waals surface area contributed by atoms with E-state index < -0.39 is 62.3 Å². The van der Waals surface area contributed by atoms with Crippen LogP contribution >= 0.6 is 0 Å². The highest BCUT2D eigenvalue weighted by Gasteiger charge is 2.48. The van der Waals surface area contributed by atoms with Crippen LogP contribution in [0.4, 0.5) is 5.69 Å². The molecule has 11 nitrogen and oxygen atoms in total. The van der Waals surface area contributed by atoms with Crippen molar-refractivity contribution in [3.8, 4) is 0 Å². The maximum Gasteiger partial charge on any atom is 0.338 e. The number of carbonyl (C=O) groups is 1. The summed E-state index contributed by atoms with van der Waals surface area (Å²) in [7, 11) is -2.24. The molecular formula is C32H45NO10Si. The molecule has 0 unspecified atom stereocenters. The smallest absolute Gasteiger partial charge is 0.338 e. The average molecular weight is 632 g/mol. The third kappa shape index (κ3) is 8.51. The molecule has 0 radical (unpaired) electrons. The lowest BCUT2D eigenvalue weighted by Crippen LogP contribution is -2.58. The summed E-state index contributed by atoms with van der Waals surface area (Å²) in [5, 5.41) is 21.7. The standard InChI is InChI=1S/C32H45NO10Si/c1-20-29(34)25(41-31(35)23-13-15-24(16-14-23)33(36)37)17-28(39-20)42-30-21(2)40-27(38-19-22-11-9-8-10-12-22)18-26(30)43-44(6,7)32(3,4)5/h8-16,20-21,25-30,34H,17-19H2,1-7H3/t20-,21-,25-,26-,27-,28+,29-,30-/m1/s1. The SMILES string of the molecule is C[C@H]1O[C@@H](O[C@@H]2[C@@H](C)O[C@@H](OCc3ccccc3)C[C@H]2O[Si](C)(C)C(C)(C)C)C[C@@H](OC(=O)c2ccc([N+](=O)[O-])cc2)[C@@H]1O. The molecule has 2 aromatic rings. The number of hydrogen-bond acceptors (Lipinski definition) is 10. The number of nitrogens with zero attached hydrogens (tertiary/aromatic N) is 1. The molecule has 0 bridgehead atoms. The van der Waals surface area contributed by atoms with E-state index >= 15 is 0 Å². The van der Waals surface area contributed by atoms with Gasteiger partial charge in [-0.2, -0.15) is 0 Å². The summed E-state index contributed by atoms with van der Waals surface area (Å²) >= 11 is 0. The van der Waals surface area contributed by atoms with Gasteiger partial charge >= 0.3 is 5.97 Å². The first-order chi connectivity index (χ1) is 20.6. The number of benzene rings is 2. The lowest BCUT2D eigenvalue weighted by molar-refractivity contribution is -0.384. The first-order valence-corrected chi connectivity index (χ1v) is 18.0. The minimum absolute atomic E-state index is 0.0450. The van der Waals surface area contributed by atoms with E-state index in [4.69, 9.17) is 28.1 Å². The van der Waals surface area contributed by atoms with E-state index in [1.165, 1.54) is 24.3 Å². The second-order valence-electron chi connectivity index (χ2n) is 13.1. The Balaban J connectivity index is 1.47. The van der Waals surface area contributed by atoms with Crippen molar-refractivity contribution in [1.29, 1.82) is 0 Å². The fraction of sp³-hybridized carbons (Fsp3) is 0.594. The van der Waals surface area contributed by atoms with Crippen molar-refractivity contribution >= 4 is 20.0 Å². The minimum atomic E-state index is -2.24. The van der Waals surface area contributed by atoms with Crippen LogP contribution in [0.2, 0.25) is 18.1 Å². The number of ether oxygens (including phenoxy) is 5. The zero-order valence-corrected chi connectivity index (χ0v) is 27.5. The van der Waals surface area contributed by atoms with Crippen LogP contribution in [-0.2, 0) is 34.7 Å². The largest absolute Gasteiger partial charge is 0.456 e. The van der Waals surface area contributed by atoms with Crippen molar-refractivity contribution in [3.05, 3.63) is 75.8 Å². The molecule has 0 saturated carbocycles. The average Bonchev–Trinajstić information content (AvgIpc) is 2.96. The van der Waals surface area contributed by atoms with E-state index in [-0.39, 0.29) is 28.8 Å². The Morgan fingerprint density at radius 3 is 2.20 bits per heavy atom. The molecule has 12 heteroatoms. The van der Waals surface area contributed by atoms with Crippen molar-refractivity contribution in [1.82, 2.24) is 0 Å². The lowest BCUT2D eigenvalue weighted by Gasteiger charge is -2.47. The van der Waals surface area contributed by atoms with Gasteiger partial charge in [0.25, 0.3) is 5.69 Å². The van der Waals surface area contributed by atoms with Crippen LogP contribution < -0.4 is 0 Å². The molecule has 4 rings (SSSR count). The monoisotopic (exact) mass is 631 g/mol. The maximum atomic E-state index is 12.9. The molecule has 2 aliphatic rings. The first kappa shape index (κ1) is 34.2. The van der Waals surface area contributed by atoms with Gasteiger partial charge in [0.05, 0.1) is 35.4 Å². The van der Waals surface area contributed by atoms with Crippen molar-refractivity contribution in [2.45, 2.75) is 121 Å². The number of nitro groups is 1. The number of non-ortho nitro benzene ring substituents is 1. The van der Waals surface area contributed by atoms with Crippen molar-refractivity contribution in [2.24, 2.45) is 0 Å². The molecule has 1 N–H and O–H groups in total. The molecule has 2 fully saturated rings. The number of aliphatic hydroxyl groups excluding tert-OH is 1. The summed E-state index contributed by atoms with van der Waals surface area (Å²) in [5.74, 6) is -0.705. The second-order valence-corrected chi connectivity index (χ2v) is 17.8. The van der Waals surface area contributed by atoms with Gasteiger partial charge in [-0.1, -0.05) is 51.1 Å². The van der Waals surface area contributed by atoms with Gasteiger partial charge in [-0.3, -0.25) is 10.1 Å². The van der Waals surface area contributed by atoms with Crippen LogP contribution in [0.3, 0.4) is 0 Å². The Bertz CT molecular complexity index is 1250. The van der Waals surface area contributed by atoms with Gasteiger partial charge in [-0.05, 0) is 49.7 Å². The molecular weight excluding hydrogens is 586 g/mol. The van der Waals surface area contributed by atoms with Crippen LogP contribution in [0.5, 0.6) is 0 Å². The molecule has 0 amide bonds. The summed E-state index contributed by atoms with van der Waals surface area (Å²) in [6, 6.07) is 15.0. The van der Waals surface area contributed by atoms with E-state index in [1.54, 1.807) is 6.92 Å². The number of carbonyl (C=O) groups excluding carboxylic acids is 1. The third-order valence-electron chi connectivity index (χ3n) is 8.69. The van der Waals surface area contributed by atoms with Gasteiger partial charge in [-0.15, -0.1) is 0 Å². The Morgan fingerprint density at radius 1 is 0.977 bits per heavy atom. The van der Waals surface area contributed by atoms with Gasteiger partial charge in [0.2, 0.25) is 0 Å². The summed E-state index contributed by atoms with van der Waals surface area (Å²) in [6.07, 6.45) is -4.76. The highest BCUT2D eigenvalue weighted by atomic mass is 28.4. The van der Waals surface area contributed by atoms with E-state index in [9.17, 15) is 20.0 Å². The van der Waals surface area contributed by atoms with Gasteiger partial charge in [0, 0.05) is 25.0 Å². The molecule has 2 aromatic carbocycles. The molecule has 2 heterocycles. The highest BCUT2D eigenvalue weighted by molar-refractivity contribution is 6.74. The van der Waals surface area contributed by atoms with E-state index in [0.717, 1.165) is 5.56 Å². The van der Waals surface area contributed by atoms with Crippen LogP contribution in [0.15, 0.2) is 54.6 Å². The second kappa shape index (κ2) is 14.2. The fourth-order valence-electron chi connectivity index (χ4n) is 5.05. The third-order valence-corrected chi connectivity index (χ3v) is 13.2. The Hall–Kier alpha value is -2.71. The number of rotatable bonds is 10. The Labute approximate surface area is 260 Å². The number of nitro benzene ring substituents is 1. The summed E-state index contributed by atoms with van der Waals surface area (Å²) in [6.45, 7) is 14.9. The predicted molar refractivity (Wildman–Crippen MR) is 164 cm³/mol. The predicted octanol–water partition coefficient (Wildman–Crippen LogP) is 5.74. The first-order valence-electron chi connectivity index (χ1n) is 15.1. The molecule has 8 atom stereocenters. The Kier molecular flexibility index (Phi) is 11.0. The van der Waals surface area contributed by atoms with Crippen LogP contribution in [0.1, 0.15) is 63.4 Å². The van der Waals surface area contributed by atoms with E-state index in [1.807, 2.05) is 37.3 Å². The lowest BCUT2D eigenvalue weighted by atomic mass is 10.00. The summed E-state index contributed by atoms with van der Waals surface area (Å²) in [4.78, 5) is 23.3. The van der Waals surface area contributed by atoms with Crippen molar-refractivity contribution in [3.63, 3.8) is 0 Å². The summed E-state index contributed by atoms with van der Waals surface area (Å²) < 4.78 is 37.5. The van der Waals surface area contributed by atoms with Crippen LogP contribution in [0, 0.1) is 10.1 Å². The van der Waals surface area contributed by atoms with Crippen molar-refractivity contribution in [2.75, 3.05) is 0 Å². The number of hydrogen-bond donors (Lipinski definition) is 1. The molecule has 0 aliphatic carbocycles. The normalized spacial score (nSPS) is 29.6. The minimum Gasteiger partial charge on any atom is -0.456 e. The van der Waals surface area contributed by atoms with Gasteiger partial charge in [0.1, 0.15) is 18.3 Å². The molecule has 0 aromatic heterocycles. The molecule has 2 saturated heterocycles. The number of esters is 1. The van der Waals surface area contributed by atoms with Gasteiger partial charge in [0.15, 0.2) is 20.9 Å². The van der Waals surface area contributed by atoms with Crippen molar-refractivity contribution < 1.29 is 42.9 Å². The Morgan fingerprint density at radius 2 is 1.59 bits per heavy atom. The van der Waals surface area contributed by atoms with Gasteiger partial charge in [-0.25, -0.2) is 4.79 Å². The summed E-state index contributed by atoms with van der Waals surface area (Å²) in [5.41, 5.74) is 1.04. The maximum absolute atomic E-state index is 12.9.